The minimum Gasteiger partial charge on any atom is -0.507 e. The molecule has 3 unspecified atom stereocenters. The molecule has 3 atom stereocenters. The zero-order valence-corrected chi connectivity index (χ0v) is 38.8. The Labute approximate surface area is 382 Å². The van der Waals surface area contributed by atoms with Crippen molar-refractivity contribution < 1.29 is 58.1 Å². The molecule has 0 aliphatic rings. The quantitative estimate of drug-likeness (QED) is 0.0263. The summed E-state index contributed by atoms with van der Waals surface area (Å²) in [7, 11) is 0. The predicted octanol–water partition coefficient (Wildman–Crippen LogP) is 10.4. The Balaban J connectivity index is 1.58. The van der Waals surface area contributed by atoms with Gasteiger partial charge in [0.15, 0.2) is 35.8 Å². The summed E-state index contributed by atoms with van der Waals surface area (Å²) >= 11 is 0. The Bertz CT molecular complexity index is 2020. The van der Waals surface area contributed by atoms with E-state index >= 15 is 0 Å². The lowest BCUT2D eigenvalue weighted by atomic mass is 10.1. The Morgan fingerprint density at radius 3 is 1.00 bits per heavy atom. The molecule has 0 fully saturated rings. The number of carbonyl (C=O) groups excluding carboxylic acids is 3. The summed E-state index contributed by atoms with van der Waals surface area (Å²) in [5.41, 5.74) is 0.423. The van der Waals surface area contributed by atoms with E-state index in [9.17, 15) is 29.7 Å². The van der Waals surface area contributed by atoms with Crippen molar-refractivity contribution in [3.8, 4) is 68.7 Å². The van der Waals surface area contributed by atoms with Crippen molar-refractivity contribution in [2.24, 2.45) is 0 Å². The molecule has 0 aliphatic heterocycles. The van der Waals surface area contributed by atoms with Crippen LogP contribution >= 0.6 is 0 Å². The Kier molecular flexibility index (Phi) is 21.6. The Hall–Kier alpha value is -6.12. The Morgan fingerprint density at radius 1 is 0.431 bits per heavy atom. The van der Waals surface area contributed by atoms with Gasteiger partial charge in [-0.2, -0.15) is 0 Å². The summed E-state index contributed by atoms with van der Waals surface area (Å²) in [6.07, 6.45) is 11.4. The number of benzene rings is 3. The van der Waals surface area contributed by atoms with E-state index < -0.39 is 36.2 Å². The molecule has 0 amide bonds. The SMILES string of the molecule is CCCCCCCCOC(=O)C(C)Oc1ccc(-c2nc(-c3ccc(OC(C)C(=O)OCCCC)cc3O)nc(-c3ccc(OC(C)C(=O)OCCCCCCCC)cc3O)n2)c(O)c1. The molecule has 3 N–H and O–H groups in total. The average molecular weight is 902 g/mol. The van der Waals surface area contributed by atoms with Crippen molar-refractivity contribution in [3.63, 3.8) is 0 Å². The molecule has 15 nitrogen and oxygen atoms in total. The van der Waals surface area contributed by atoms with Gasteiger partial charge >= 0.3 is 17.9 Å². The second kappa shape index (κ2) is 27.3. The van der Waals surface area contributed by atoms with E-state index in [0.717, 1.165) is 77.0 Å². The van der Waals surface area contributed by atoms with Crippen LogP contribution in [0.2, 0.25) is 0 Å². The summed E-state index contributed by atoms with van der Waals surface area (Å²) in [5.74, 6) is -2.04. The first-order valence-corrected chi connectivity index (χ1v) is 23.1. The molecule has 354 valence electrons. The van der Waals surface area contributed by atoms with Gasteiger partial charge in [0.1, 0.15) is 34.5 Å². The van der Waals surface area contributed by atoms with Gasteiger partial charge in [-0.15, -0.1) is 0 Å². The normalized spacial score (nSPS) is 12.5. The van der Waals surface area contributed by atoms with Crippen molar-refractivity contribution >= 4 is 17.9 Å². The van der Waals surface area contributed by atoms with E-state index in [2.05, 4.69) is 28.8 Å². The van der Waals surface area contributed by atoms with Gasteiger partial charge in [-0.3, -0.25) is 0 Å². The molecule has 0 saturated carbocycles. The van der Waals surface area contributed by atoms with Crippen LogP contribution in [-0.4, -0.2) is 86.3 Å². The molecule has 0 aliphatic carbocycles. The van der Waals surface area contributed by atoms with Gasteiger partial charge in [-0.1, -0.05) is 91.4 Å². The number of carbonyl (C=O) groups is 3. The Morgan fingerprint density at radius 2 is 0.708 bits per heavy atom. The average Bonchev–Trinajstić information content (AvgIpc) is 3.28. The highest BCUT2D eigenvalue weighted by atomic mass is 16.6. The van der Waals surface area contributed by atoms with E-state index in [1.807, 2.05) is 6.92 Å². The van der Waals surface area contributed by atoms with Crippen LogP contribution in [0, 0.1) is 0 Å². The van der Waals surface area contributed by atoms with E-state index in [1.54, 1.807) is 20.8 Å². The number of aromatic nitrogens is 3. The molecule has 0 spiro atoms. The largest absolute Gasteiger partial charge is 0.507 e. The number of phenols is 3. The molecule has 4 aromatic rings. The first-order valence-electron chi connectivity index (χ1n) is 23.1. The summed E-state index contributed by atoms with van der Waals surface area (Å²) in [6.45, 7) is 11.8. The molecule has 65 heavy (non-hydrogen) atoms. The van der Waals surface area contributed by atoms with Gasteiger partial charge in [0.05, 0.1) is 36.5 Å². The lowest BCUT2D eigenvalue weighted by Crippen LogP contribution is -2.26. The van der Waals surface area contributed by atoms with Crippen LogP contribution in [0.5, 0.6) is 34.5 Å². The fraction of sp³-hybridized carbons (Fsp3) is 0.520. The molecule has 15 heteroatoms. The number of hydrogen-bond donors (Lipinski definition) is 3. The summed E-state index contributed by atoms with van der Waals surface area (Å²) in [5, 5.41) is 33.8. The minimum absolute atomic E-state index is 0.0370. The van der Waals surface area contributed by atoms with Crippen LogP contribution < -0.4 is 14.2 Å². The van der Waals surface area contributed by atoms with E-state index in [-0.39, 0.29) is 75.3 Å². The molecule has 0 bridgehead atoms. The van der Waals surface area contributed by atoms with Crippen molar-refractivity contribution in [2.75, 3.05) is 19.8 Å². The predicted molar refractivity (Wildman–Crippen MR) is 246 cm³/mol. The third-order valence-corrected chi connectivity index (χ3v) is 10.4. The van der Waals surface area contributed by atoms with Gasteiger partial charge in [-0.05, 0) is 76.4 Å². The zero-order chi connectivity index (χ0) is 47.1. The topological polar surface area (TPSA) is 206 Å². The van der Waals surface area contributed by atoms with Crippen LogP contribution in [0.1, 0.15) is 131 Å². The number of esters is 3. The number of unbranched alkanes of at least 4 members (excludes halogenated alkanes) is 11. The summed E-state index contributed by atoms with van der Waals surface area (Å²) in [4.78, 5) is 51.5. The van der Waals surface area contributed by atoms with Crippen LogP contribution in [0.3, 0.4) is 0 Å². The summed E-state index contributed by atoms with van der Waals surface area (Å²) < 4.78 is 33.4. The fourth-order valence-corrected chi connectivity index (χ4v) is 6.60. The van der Waals surface area contributed by atoms with Crippen molar-refractivity contribution in [2.45, 2.75) is 150 Å². The fourth-order valence-electron chi connectivity index (χ4n) is 6.60. The first-order chi connectivity index (χ1) is 31.3. The lowest BCUT2D eigenvalue weighted by molar-refractivity contribution is -0.152. The zero-order valence-electron chi connectivity index (χ0n) is 38.8. The highest BCUT2D eigenvalue weighted by Crippen LogP contribution is 2.38. The van der Waals surface area contributed by atoms with E-state index in [0.29, 0.717) is 13.2 Å². The number of aromatic hydroxyl groups is 3. The number of rotatable bonds is 29. The molecule has 1 aromatic heterocycles. The third-order valence-electron chi connectivity index (χ3n) is 10.4. The molecular weight excluding hydrogens is 835 g/mol. The van der Waals surface area contributed by atoms with Crippen molar-refractivity contribution in [1.82, 2.24) is 15.0 Å². The molecule has 4 rings (SSSR count). The number of hydrogen-bond acceptors (Lipinski definition) is 15. The summed E-state index contributed by atoms with van der Waals surface area (Å²) in [6, 6.07) is 13.0. The van der Waals surface area contributed by atoms with Gasteiger partial charge in [0, 0.05) is 18.2 Å². The molecule has 0 saturated heterocycles. The highest BCUT2D eigenvalue weighted by molar-refractivity contribution is 5.77. The maximum atomic E-state index is 12.7. The molecule has 3 aromatic carbocycles. The minimum atomic E-state index is -0.950. The smallest absolute Gasteiger partial charge is 0.347 e. The van der Waals surface area contributed by atoms with Gasteiger partial charge in [0.25, 0.3) is 0 Å². The van der Waals surface area contributed by atoms with E-state index in [4.69, 9.17) is 28.4 Å². The monoisotopic (exact) mass is 901 g/mol. The second-order valence-corrected chi connectivity index (χ2v) is 16.0. The maximum absolute atomic E-state index is 12.7. The van der Waals surface area contributed by atoms with Gasteiger partial charge < -0.3 is 43.7 Å². The molecule has 0 radical (unpaired) electrons. The molecular formula is C50H67N3O12. The maximum Gasteiger partial charge on any atom is 0.347 e. The van der Waals surface area contributed by atoms with Crippen LogP contribution in [0.15, 0.2) is 54.6 Å². The van der Waals surface area contributed by atoms with E-state index in [1.165, 1.54) is 67.4 Å². The second-order valence-electron chi connectivity index (χ2n) is 16.0. The van der Waals surface area contributed by atoms with Crippen LogP contribution in [-0.2, 0) is 28.6 Å². The third kappa shape index (κ3) is 16.7. The van der Waals surface area contributed by atoms with Gasteiger partial charge in [-0.25, -0.2) is 29.3 Å². The van der Waals surface area contributed by atoms with Crippen molar-refractivity contribution in [3.05, 3.63) is 54.6 Å². The number of ether oxygens (including phenoxy) is 6. The van der Waals surface area contributed by atoms with Crippen molar-refractivity contribution in [1.29, 1.82) is 0 Å². The first kappa shape index (κ1) is 51.5. The number of phenolic OH excluding ortho intramolecular Hbond substituents is 3. The number of nitrogens with zero attached hydrogens (tertiary/aromatic N) is 3. The van der Waals surface area contributed by atoms with Gasteiger partial charge in [0.2, 0.25) is 0 Å². The highest BCUT2D eigenvalue weighted by Gasteiger charge is 2.23. The van der Waals surface area contributed by atoms with Crippen LogP contribution in [0.25, 0.3) is 34.2 Å². The van der Waals surface area contributed by atoms with Crippen LogP contribution in [0.4, 0.5) is 0 Å². The standard InChI is InChI=1S/C50H67N3O12/c1-7-10-13-15-17-19-28-61-49(58)34(5)64-37-22-25-40(43(55)31-37)46-51-45(39-24-21-36(30-42(39)54)63-33(4)48(57)60-27-12-9-3)52-47(53-46)41-26-23-38(32-44(41)56)65-35(6)50(59)62-29-20-18-16-14-11-8-2/h21-26,30-35,54-56H,7-20,27-29H2,1-6H3. The lowest BCUT2D eigenvalue weighted by Gasteiger charge is -2.16. The molecule has 1 heterocycles.